The Morgan fingerprint density at radius 1 is 1.30 bits per heavy atom. The van der Waals surface area contributed by atoms with E-state index in [1.54, 1.807) is 13.8 Å². The van der Waals surface area contributed by atoms with Gasteiger partial charge in [-0.05, 0) is 29.7 Å². The van der Waals surface area contributed by atoms with Crippen LogP contribution in [0, 0.1) is 11.8 Å². The maximum Gasteiger partial charge on any atom is 0.313 e. The second-order valence-electron chi connectivity index (χ2n) is 7.61. The summed E-state index contributed by atoms with van der Waals surface area (Å²) in [5, 5.41) is 18.9. The summed E-state index contributed by atoms with van der Waals surface area (Å²) in [6.07, 6.45) is -0.313. The molecular formula is C19H21Cl2NO7S. The number of aliphatic hydroxyl groups excluding tert-OH is 1. The van der Waals surface area contributed by atoms with E-state index in [-0.39, 0.29) is 21.9 Å². The third-order valence-electron chi connectivity index (χ3n) is 5.53. The number of nitrogens with zero attached hydrogens (tertiary/aromatic N) is 1. The van der Waals surface area contributed by atoms with Crippen molar-refractivity contribution in [1.29, 1.82) is 0 Å². The number of benzene rings is 1. The first kappa shape index (κ1) is 23.0. The van der Waals surface area contributed by atoms with Gasteiger partial charge in [0.05, 0.1) is 18.2 Å². The molecule has 1 aliphatic heterocycles. The Bertz CT molecular complexity index is 1040. The van der Waals surface area contributed by atoms with Gasteiger partial charge in [0.25, 0.3) is 15.9 Å². The Morgan fingerprint density at radius 3 is 2.40 bits per heavy atom. The van der Waals surface area contributed by atoms with E-state index in [0.29, 0.717) is 4.31 Å². The van der Waals surface area contributed by atoms with Crippen molar-refractivity contribution in [3.05, 3.63) is 41.5 Å². The summed E-state index contributed by atoms with van der Waals surface area (Å²) in [5.74, 6) is -4.46. The van der Waals surface area contributed by atoms with Crippen LogP contribution >= 0.6 is 23.2 Å². The molecular weight excluding hydrogens is 457 g/mol. The quantitative estimate of drug-likeness (QED) is 0.491. The molecule has 0 aromatic heterocycles. The zero-order chi connectivity index (χ0) is 22.6. The van der Waals surface area contributed by atoms with Crippen molar-refractivity contribution in [3.63, 3.8) is 0 Å². The lowest BCUT2D eigenvalue weighted by molar-refractivity contribution is -0.152. The first-order chi connectivity index (χ1) is 13.8. The van der Waals surface area contributed by atoms with Crippen LogP contribution in [0.25, 0.3) is 0 Å². The van der Waals surface area contributed by atoms with Gasteiger partial charge in [0.15, 0.2) is 5.06 Å². The van der Waals surface area contributed by atoms with Gasteiger partial charge >= 0.3 is 5.97 Å². The average Bonchev–Trinajstić information content (AvgIpc) is 2.85. The number of methoxy groups -OCH3 is 1. The zero-order valence-corrected chi connectivity index (χ0v) is 18.7. The van der Waals surface area contributed by atoms with Gasteiger partial charge in [0.2, 0.25) is 0 Å². The number of carboxylic acids is 1. The number of alkyl halides is 2. The lowest BCUT2D eigenvalue weighted by atomic mass is 9.71. The van der Waals surface area contributed by atoms with Crippen LogP contribution in [0.4, 0.5) is 0 Å². The predicted molar refractivity (Wildman–Crippen MR) is 109 cm³/mol. The maximum absolute atomic E-state index is 13.0. The van der Waals surface area contributed by atoms with Crippen LogP contribution in [0.15, 0.2) is 40.8 Å². The van der Waals surface area contributed by atoms with Crippen LogP contribution in [0.2, 0.25) is 0 Å². The summed E-state index contributed by atoms with van der Waals surface area (Å²) >= 11 is 13.2. The fourth-order valence-corrected chi connectivity index (χ4v) is 6.63. The zero-order valence-electron chi connectivity index (χ0n) is 16.4. The molecule has 11 heteroatoms. The van der Waals surface area contributed by atoms with Gasteiger partial charge in [-0.25, -0.2) is 12.7 Å². The number of sulfonamides is 1. The number of fused-ring (bicyclic) bond motifs is 1. The summed E-state index contributed by atoms with van der Waals surface area (Å²) in [4.78, 5) is 22.6. The Kier molecular flexibility index (Phi) is 5.75. The van der Waals surface area contributed by atoms with Crippen molar-refractivity contribution in [2.75, 3.05) is 13.7 Å². The van der Waals surface area contributed by atoms with E-state index in [1.165, 1.54) is 37.5 Å². The number of aliphatic hydroxyl groups is 1. The van der Waals surface area contributed by atoms with Gasteiger partial charge in [0, 0.05) is 7.11 Å². The molecule has 164 valence electrons. The molecule has 1 heterocycles. The minimum atomic E-state index is -4.30. The highest BCUT2D eigenvalue weighted by atomic mass is 35.5. The molecule has 8 nitrogen and oxygen atoms in total. The van der Waals surface area contributed by atoms with Crippen molar-refractivity contribution >= 4 is 45.1 Å². The molecule has 0 bridgehead atoms. The molecule has 1 aromatic rings. The Labute approximate surface area is 184 Å². The predicted octanol–water partition coefficient (Wildman–Crippen LogP) is 2.05. The lowest BCUT2D eigenvalue weighted by Crippen LogP contribution is -2.64. The second-order valence-corrected chi connectivity index (χ2v) is 10.7. The molecule has 0 spiro atoms. The summed E-state index contributed by atoms with van der Waals surface area (Å²) < 4.78 is 31.7. The number of ether oxygens (including phenoxy) is 1. The molecule has 0 saturated carbocycles. The van der Waals surface area contributed by atoms with Crippen LogP contribution < -0.4 is 0 Å². The lowest BCUT2D eigenvalue weighted by Gasteiger charge is -2.49. The van der Waals surface area contributed by atoms with Crippen LogP contribution in [0.5, 0.6) is 0 Å². The minimum Gasteiger partial charge on any atom is -0.481 e. The SMILES string of the molecule is COC1(Cl)C=C(C(C)C)C(O)C(Cl)(CN2C(=O)c3ccccc3S2(=O)=O)C1C(=O)O. The van der Waals surface area contributed by atoms with Crippen LogP contribution in [-0.4, -0.2) is 64.5 Å². The highest BCUT2D eigenvalue weighted by Gasteiger charge is 2.63. The number of hydrogen-bond acceptors (Lipinski definition) is 6. The first-order valence-corrected chi connectivity index (χ1v) is 11.2. The maximum atomic E-state index is 13.0. The highest BCUT2D eigenvalue weighted by Crippen LogP contribution is 2.50. The number of hydrogen-bond donors (Lipinski definition) is 2. The molecule has 4 atom stereocenters. The van der Waals surface area contributed by atoms with Crippen molar-refractivity contribution in [2.45, 2.75) is 34.8 Å². The normalized spacial score (nSPS) is 32.8. The fourth-order valence-electron chi connectivity index (χ4n) is 3.97. The second kappa shape index (κ2) is 7.49. The molecule has 2 N–H and O–H groups in total. The Balaban J connectivity index is 2.17. The van der Waals surface area contributed by atoms with Gasteiger partial charge in [-0.15, -0.1) is 11.6 Å². The molecule has 4 unspecified atom stereocenters. The van der Waals surface area contributed by atoms with Gasteiger partial charge in [-0.1, -0.05) is 37.6 Å². The molecule has 0 radical (unpaired) electrons. The highest BCUT2D eigenvalue weighted by molar-refractivity contribution is 7.90. The molecule has 0 fully saturated rings. The topological polar surface area (TPSA) is 121 Å². The van der Waals surface area contributed by atoms with Gasteiger partial charge < -0.3 is 14.9 Å². The number of halogens is 2. The smallest absolute Gasteiger partial charge is 0.313 e. The van der Waals surface area contributed by atoms with Crippen LogP contribution in [0.1, 0.15) is 24.2 Å². The third kappa shape index (κ3) is 3.23. The Hall–Kier alpha value is -1.65. The molecule has 30 heavy (non-hydrogen) atoms. The molecule has 1 aliphatic carbocycles. The first-order valence-electron chi connectivity index (χ1n) is 9.04. The summed E-state index contributed by atoms with van der Waals surface area (Å²) in [6.45, 7) is 2.65. The van der Waals surface area contributed by atoms with Crippen molar-refractivity contribution in [1.82, 2.24) is 4.31 Å². The molecule has 1 aromatic carbocycles. The largest absolute Gasteiger partial charge is 0.481 e. The molecule has 2 aliphatic rings. The summed E-state index contributed by atoms with van der Waals surface area (Å²) in [7, 11) is -3.11. The number of carbonyl (C=O) groups is 2. The van der Waals surface area contributed by atoms with Crippen LogP contribution in [-0.2, 0) is 19.6 Å². The van der Waals surface area contributed by atoms with E-state index in [0.717, 1.165) is 0 Å². The van der Waals surface area contributed by atoms with E-state index in [9.17, 15) is 28.2 Å². The summed E-state index contributed by atoms with van der Waals surface area (Å²) in [5.41, 5.74) is 0.222. The number of aliphatic carboxylic acids is 1. The number of carbonyl (C=O) groups excluding carboxylic acids is 1. The van der Waals surface area contributed by atoms with E-state index in [1.807, 2.05) is 0 Å². The van der Waals surface area contributed by atoms with Crippen LogP contribution in [0.3, 0.4) is 0 Å². The van der Waals surface area contributed by atoms with Crippen molar-refractivity contribution in [2.24, 2.45) is 11.8 Å². The van der Waals surface area contributed by atoms with Crippen molar-refractivity contribution < 1.29 is 33.0 Å². The van der Waals surface area contributed by atoms with Crippen molar-refractivity contribution in [3.8, 4) is 0 Å². The number of rotatable bonds is 5. The monoisotopic (exact) mass is 477 g/mol. The van der Waals surface area contributed by atoms with E-state index >= 15 is 0 Å². The van der Waals surface area contributed by atoms with E-state index in [2.05, 4.69) is 0 Å². The standard InChI is InChI=1S/C19H21Cl2NO7S/c1-10(2)12-8-19(21,29-3)14(17(25)26)18(20,15(12)23)9-22-16(24)11-6-4-5-7-13(11)30(22,27)28/h4-8,10,14-15,23H,9H2,1-3H3,(H,25,26). The fraction of sp³-hybridized carbons (Fsp3) is 0.474. The van der Waals surface area contributed by atoms with Gasteiger partial charge in [0.1, 0.15) is 15.7 Å². The molecule has 1 amide bonds. The molecule has 0 saturated heterocycles. The van der Waals surface area contributed by atoms with E-state index < -0.39 is 50.4 Å². The summed E-state index contributed by atoms with van der Waals surface area (Å²) in [6, 6.07) is 5.60. The Morgan fingerprint density at radius 2 is 1.90 bits per heavy atom. The van der Waals surface area contributed by atoms with Gasteiger partial charge in [-0.2, -0.15) is 0 Å². The minimum absolute atomic E-state index is 0.0570. The number of amides is 1. The third-order valence-corrected chi connectivity index (χ3v) is 8.34. The van der Waals surface area contributed by atoms with E-state index in [4.69, 9.17) is 27.9 Å². The van der Waals surface area contributed by atoms with Gasteiger partial charge in [-0.3, -0.25) is 9.59 Å². The average molecular weight is 478 g/mol. The molecule has 3 rings (SSSR count). The number of carboxylic acid groups (broad SMARTS) is 1.